The molecule has 7 heteroatoms. The van der Waals surface area contributed by atoms with Crippen molar-refractivity contribution in [3.63, 3.8) is 0 Å². The Kier molecular flexibility index (Phi) is 4.51. The summed E-state index contributed by atoms with van der Waals surface area (Å²) in [6.45, 7) is 6.95. The molecule has 2 aromatic heterocycles. The van der Waals surface area contributed by atoms with Crippen LogP contribution in [0.4, 0.5) is 4.79 Å². The van der Waals surface area contributed by atoms with Gasteiger partial charge in [0.2, 0.25) is 0 Å². The van der Waals surface area contributed by atoms with Crippen molar-refractivity contribution in [1.82, 2.24) is 25.1 Å². The molecule has 1 aliphatic heterocycles. The Labute approximate surface area is 141 Å². The van der Waals surface area contributed by atoms with Crippen LogP contribution >= 0.6 is 0 Å². The van der Waals surface area contributed by atoms with Crippen molar-refractivity contribution < 1.29 is 9.53 Å². The van der Waals surface area contributed by atoms with Crippen molar-refractivity contribution in [2.24, 2.45) is 0 Å². The lowest BCUT2D eigenvalue weighted by Gasteiger charge is -2.34. The van der Waals surface area contributed by atoms with Gasteiger partial charge in [-0.25, -0.2) is 4.79 Å². The molecule has 1 atom stereocenters. The van der Waals surface area contributed by atoms with Crippen molar-refractivity contribution in [3.8, 4) is 11.3 Å². The Balaban J connectivity index is 1.80. The number of rotatable bonds is 2. The summed E-state index contributed by atoms with van der Waals surface area (Å²) in [7, 11) is 0. The minimum atomic E-state index is -0.488. The molecule has 0 radical (unpaired) electrons. The fourth-order valence-corrected chi connectivity index (χ4v) is 2.94. The van der Waals surface area contributed by atoms with Crippen molar-refractivity contribution in [2.75, 3.05) is 13.1 Å². The molecule has 2 aromatic rings. The number of nitrogens with zero attached hydrogens (tertiary/aromatic N) is 4. The molecule has 24 heavy (non-hydrogen) atoms. The van der Waals surface area contributed by atoms with E-state index in [1.165, 1.54) is 0 Å². The SMILES string of the molecule is CC(C)(C)OC(=O)N1CCCC(c2nccnc2-c2cn[nH]c2)C1. The molecule has 1 aliphatic rings. The lowest BCUT2D eigenvalue weighted by Crippen LogP contribution is -2.42. The molecule has 3 rings (SSSR count). The van der Waals surface area contributed by atoms with Gasteiger partial charge in [-0.3, -0.25) is 15.1 Å². The van der Waals surface area contributed by atoms with E-state index in [0.29, 0.717) is 13.1 Å². The lowest BCUT2D eigenvalue weighted by atomic mass is 9.92. The van der Waals surface area contributed by atoms with Crippen LogP contribution in [-0.2, 0) is 4.74 Å². The number of carbonyl (C=O) groups is 1. The number of likely N-dealkylation sites (tertiary alicyclic amines) is 1. The number of carbonyl (C=O) groups excluding carboxylic acids is 1. The molecule has 1 N–H and O–H groups in total. The topological polar surface area (TPSA) is 84.0 Å². The second-order valence-electron chi connectivity index (χ2n) is 7.04. The summed E-state index contributed by atoms with van der Waals surface area (Å²) < 4.78 is 5.50. The number of ether oxygens (including phenoxy) is 1. The number of aromatic amines is 1. The highest BCUT2D eigenvalue weighted by Crippen LogP contribution is 2.31. The lowest BCUT2D eigenvalue weighted by molar-refractivity contribution is 0.0197. The summed E-state index contributed by atoms with van der Waals surface area (Å²) in [5, 5.41) is 6.80. The summed E-state index contributed by atoms with van der Waals surface area (Å²) >= 11 is 0. The first-order chi connectivity index (χ1) is 11.4. The van der Waals surface area contributed by atoms with Crippen molar-refractivity contribution in [1.29, 1.82) is 0 Å². The van der Waals surface area contributed by atoms with Gasteiger partial charge in [-0.1, -0.05) is 0 Å². The number of hydrogen-bond acceptors (Lipinski definition) is 5. The summed E-state index contributed by atoms with van der Waals surface area (Å²) in [6, 6.07) is 0. The number of nitrogens with one attached hydrogen (secondary N) is 1. The minimum Gasteiger partial charge on any atom is -0.444 e. The third-order valence-corrected chi connectivity index (χ3v) is 3.96. The Bertz CT molecular complexity index is 693. The molecule has 1 unspecified atom stereocenters. The maximum Gasteiger partial charge on any atom is 0.410 e. The van der Waals surface area contributed by atoms with E-state index in [2.05, 4.69) is 20.2 Å². The summed E-state index contributed by atoms with van der Waals surface area (Å²) in [5.74, 6) is 0.143. The summed E-state index contributed by atoms with van der Waals surface area (Å²) in [5.41, 5.74) is 2.15. The van der Waals surface area contributed by atoms with Crippen LogP contribution in [0.2, 0.25) is 0 Å². The first-order valence-corrected chi connectivity index (χ1v) is 8.22. The predicted octanol–water partition coefficient (Wildman–Crippen LogP) is 2.98. The minimum absolute atomic E-state index is 0.143. The monoisotopic (exact) mass is 329 g/mol. The molecule has 1 amide bonds. The van der Waals surface area contributed by atoms with Gasteiger partial charge >= 0.3 is 6.09 Å². The quantitative estimate of drug-likeness (QED) is 0.915. The molecule has 1 fully saturated rings. The van der Waals surface area contributed by atoms with Gasteiger partial charge in [-0.05, 0) is 33.6 Å². The number of piperidine rings is 1. The fraction of sp³-hybridized carbons (Fsp3) is 0.529. The molecule has 0 saturated carbocycles. The van der Waals surface area contributed by atoms with Gasteiger partial charge in [-0.15, -0.1) is 0 Å². The van der Waals surface area contributed by atoms with Gasteiger partial charge in [0.05, 0.1) is 17.6 Å². The van der Waals surface area contributed by atoms with E-state index in [0.717, 1.165) is 29.8 Å². The molecule has 1 saturated heterocycles. The Morgan fingerprint density at radius 3 is 2.83 bits per heavy atom. The Morgan fingerprint density at radius 2 is 2.12 bits per heavy atom. The molecule has 7 nitrogen and oxygen atoms in total. The number of amides is 1. The smallest absolute Gasteiger partial charge is 0.410 e. The molecule has 0 spiro atoms. The van der Waals surface area contributed by atoms with Crippen LogP contribution < -0.4 is 0 Å². The van der Waals surface area contributed by atoms with Gasteiger partial charge < -0.3 is 9.64 Å². The summed E-state index contributed by atoms with van der Waals surface area (Å²) in [6.07, 6.45) is 8.56. The fourth-order valence-electron chi connectivity index (χ4n) is 2.94. The zero-order chi connectivity index (χ0) is 17.2. The van der Waals surface area contributed by atoms with Crippen LogP contribution in [0.25, 0.3) is 11.3 Å². The van der Waals surface area contributed by atoms with E-state index in [-0.39, 0.29) is 12.0 Å². The highest BCUT2D eigenvalue weighted by molar-refractivity contribution is 5.68. The van der Waals surface area contributed by atoms with E-state index in [9.17, 15) is 4.79 Å². The largest absolute Gasteiger partial charge is 0.444 e. The first kappa shape index (κ1) is 16.4. The van der Waals surface area contributed by atoms with E-state index in [1.807, 2.05) is 27.0 Å². The molecule has 128 valence electrons. The van der Waals surface area contributed by atoms with Crippen LogP contribution in [0.15, 0.2) is 24.8 Å². The molecular formula is C17H23N5O2. The van der Waals surface area contributed by atoms with Crippen molar-refractivity contribution in [2.45, 2.75) is 45.1 Å². The maximum absolute atomic E-state index is 12.4. The highest BCUT2D eigenvalue weighted by Gasteiger charge is 2.30. The van der Waals surface area contributed by atoms with Crippen LogP contribution in [0.3, 0.4) is 0 Å². The highest BCUT2D eigenvalue weighted by atomic mass is 16.6. The van der Waals surface area contributed by atoms with Crippen LogP contribution in [-0.4, -0.2) is 49.8 Å². The first-order valence-electron chi connectivity index (χ1n) is 8.22. The Hall–Kier alpha value is -2.44. The van der Waals surface area contributed by atoms with Gasteiger partial charge in [-0.2, -0.15) is 5.10 Å². The number of hydrogen-bond donors (Lipinski definition) is 1. The third-order valence-electron chi connectivity index (χ3n) is 3.96. The van der Waals surface area contributed by atoms with Crippen molar-refractivity contribution >= 4 is 6.09 Å². The van der Waals surface area contributed by atoms with E-state index < -0.39 is 5.60 Å². The summed E-state index contributed by atoms with van der Waals surface area (Å²) in [4.78, 5) is 23.1. The van der Waals surface area contributed by atoms with Crippen LogP contribution in [0.5, 0.6) is 0 Å². The van der Waals surface area contributed by atoms with Gasteiger partial charge in [0.25, 0.3) is 0 Å². The standard InChI is InChI=1S/C17H23N5O2/c1-17(2,3)24-16(23)22-8-4-5-12(11-22)14-15(19-7-6-18-14)13-9-20-21-10-13/h6-7,9-10,12H,4-5,8,11H2,1-3H3,(H,20,21). The van der Waals surface area contributed by atoms with Gasteiger partial charge in [0.15, 0.2) is 0 Å². The van der Waals surface area contributed by atoms with Crippen LogP contribution in [0, 0.1) is 0 Å². The predicted molar refractivity (Wildman–Crippen MR) is 89.4 cm³/mol. The van der Waals surface area contributed by atoms with E-state index in [4.69, 9.17) is 4.74 Å². The van der Waals surface area contributed by atoms with Gasteiger partial charge in [0, 0.05) is 43.2 Å². The van der Waals surface area contributed by atoms with Crippen molar-refractivity contribution in [3.05, 3.63) is 30.5 Å². The number of H-pyrrole nitrogens is 1. The zero-order valence-corrected chi connectivity index (χ0v) is 14.3. The molecule has 3 heterocycles. The van der Waals surface area contributed by atoms with E-state index in [1.54, 1.807) is 23.5 Å². The third kappa shape index (κ3) is 3.72. The average molecular weight is 329 g/mol. The second kappa shape index (κ2) is 6.59. The molecule has 0 aromatic carbocycles. The molecular weight excluding hydrogens is 306 g/mol. The van der Waals surface area contributed by atoms with Crippen LogP contribution in [0.1, 0.15) is 45.2 Å². The zero-order valence-electron chi connectivity index (χ0n) is 14.3. The maximum atomic E-state index is 12.4. The number of aromatic nitrogens is 4. The normalized spacial score (nSPS) is 18.5. The van der Waals surface area contributed by atoms with E-state index >= 15 is 0 Å². The Morgan fingerprint density at radius 1 is 1.33 bits per heavy atom. The second-order valence-corrected chi connectivity index (χ2v) is 7.04. The molecule has 0 aliphatic carbocycles. The average Bonchev–Trinajstić information content (AvgIpc) is 3.08. The molecule has 0 bridgehead atoms. The van der Waals surface area contributed by atoms with Gasteiger partial charge in [0.1, 0.15) is 5.60 Å².